The van der Waals surface area contributed by atoms with E-state index in [9.17, 15) is 13.2 Å². The van der Waals surface area contributed by atoms with Crippen molar-refractivity contribution in [1.29, 1.82) is 0 Å². The molecule has 96 valence electrons. The van der Waals surface area contributed by atoms with E-state index < -0.39 is 30.0 Å². The molecule has 3 nitrogen and oxygen atoms in total. The van der Waals surface area contributed by atoms with Crippen LogP contribution in [0.4, 0.5) is 13.2 Å². The maximum Gasteiger partial charge on any atom is 0.179 e. The average Bonchev–Trinajstić information content (AvgIpc) is 2.83. The van der Waals surface area contributed by atoms with E-state index >= 15 is 0 Å². The van der Waals surface area contributed by atoms with Crippen molar-refractivity contribution in [1.82, 2.24) is 10.3 Å². The fourth-order valence-corrected chi connectivity index (χ4v) is 2.65. The van der Waals surface area contributed by atoms with E-state index in [1.54, 1.807) is 0 Å². The first-order valence-electron chi connectivity index (χ1n) is 5.48. The van der Waals surface area contributed by atoms with Gasteiger partial charge in [0, 0.05) is 12.0 Å². The van der Waals surface area contributed by atoms with Gasteiger partial charge >= 0.3 is 0 Å². The number of benzene rings is 1. The first-order valence-corrected chi connectivity index (χ1v) is 5.93. The molecule has 7 heteroatoms. The zero-order chi connectivity index (χ0) is 12.9. The molecule has 1 aromatic rings. The van der Waals surface area contributed by atoms with Crippen molar-refractivity contribution in [3.8, 4) is 0 Å². The number of nitrogens with one attached hydrogen (secondary N) is 1. The molecule has 0 bridgehead atoms. The van der Waals surface area contributed by atoms with Crippen LogP contribution in [0.2, 0.25) is 0 Å². The zero-order valence-electron chi connectivity index (χ0n) is 9.15. The predicted octanol–water partition coefficient (Wildman–Crippen LogP) is 2.18. The molecular formula is C11H10F3N3S. The van der Waals surface area contributed by atoms with E-state index in [4.69, 9.17) is 0 Å². The number of fused-ring (bicyclic) bond motifs is 1. The van der Waals surface area contributed by atoms with E-state index in [1.807, 2.05) is 0 Å². The first-order chi connectivity index (χ1) is 8.58. The monoisotopic (exact) mass is 273 g/mol. The summed E-state index contributed by atoms with van der Waals surface area (Å²) in [5.41, 5.74) is 0.119. The van der Waals surface area contributed by atoms with Crippen LogP contribution in [0.5, 0.6) is 0 Å². The van der Waals surface area contributed by atoms with Crippen LogP contribution in [0.3, 0.4) is 0 Å². The van der Waals surface area contributed by atoms with Crippen LogP contribution < -0.4 is 5.32 Å². The molecule has 0 amide bonds. The van der Waals surface area contributed by atoms with Gasteiger partial charge in [-0.2, -0.15) is 5.10 Å². The predicted molar refractivity (Wildman–Crippen MR) is 63.8 cm³/mol. The number of nitrogens with zero attached hydrogens (tertiary/aromatic N) is 2. The molecule has 0 aliphatic carbocycles. The van der Waals surface area contributed by atoms with Gasteiger partial charge in [-0.3, -0.25) is 5.01 Å². The Kier molecular flexibility index (Phi) is 2.65. The second-order valence-electron chi connectivity index (χ2n) is 4.30. The lowest BCUT2D eigenvalue weighted by Crippen LogP contribution is -2.38. The van der Waals surface area contributed by atoms with Gasteiger partial charge in [0.05, 0.1) is 6.04 Å². The van der Waals surface area contributed by atoms with E-state index in [0.29, 0.717) is 0 Å². The summed E-state index contributed by atoms with van der Waals surface area (Å²) in [6, 6.07) is 3.28. The average molecular weight is 273 g/mol. The molecule has 0 saturated carbocycles. The third-order valence-corrected chi connectivity index (χ3v) is 3.44. The van der Waals surface area contributed by atoms with Gasteiger partial charge in [0.1, 0.15) is 12.3 Å². The highest BCUT2D eigenvalue weighted by Crippen LogP contribution is 2.40. The molecule has 0 spiro atoms. The Morgan fingerprint density at radius 3 is 2.94 bits per heavy atom. The summed E-state index contributed by atoms with van der Waals surface area (Å²) in [5, 5.41) is 8.44. The normalized spacial score (nSPS) is 30.1. The van der Waals surface area contributed by atoms with Gasteiger partial charge in [0.25, 0.3) is 0 Å². The molecule has 1 saturated heterocycles. The van der Waals surface area contributed by atoms with Crippen molar-refractivity contribution >= 4 is 17.8 Å². The number of hydrogen-bond acceptors (Lipinski definition) is 3. The van der Waals surface area contributed by atoms with Gasteiger partial charge in [-0.05, 0) is 6.07 Å². The Labute approximate surface area is 107 Å². The van der Waals surface area contributed by atoms with E-state index in [0.717, 1.165) is 6.07 Å². The lowest BCUT2D eigenvalue weighted by Gasteiger charge is -2.22. The minimum absolute atomic E-state index is 0.0720. The van der Waals surface area contributed by atoms with Crippen LogP contribution in [-0.2, 0) is 0 Å². The maximum atomic E-state index is 13.8. The highest BCUT2D eigenvalue weighted by Gasteiger charge is 2.46. The van der Waals surface area contributed by atoms with Crippen molar-refractivity contribution in [2.75, 3.05) is 0 Å². The smallest absolute Gasteiger partial charge is 0.179 e. The number of halogens is 3. The van der Waals surface area contributed by atoms with Crippen LogP contribution in [0, 0.1) is 11.6 Å². The molecule has 0 radical (unpaired) electrons. The standard InChI is InChI=1S/C11H10F3N3S/c12-6-3-1-2-5(9(6)14)8-4-7(13)10-15-11(18)16-17(8)10/h1-3,7-8,10H,4H2,(H2,15,16,18)/t7-,8-,10?/m0/s1. The van der Waals surface area contributed by atoms with E-state index in [-0.39, 0.29) is 17.2 Å². The van der Waals surface area contributed by atoms with Crippen molar-refractivity contribution < 1.29 is 13.2 Å². The maximum absolute atomic E-state index is 13.8. The number of amidine groups is 1. The SMILES string of the molecule is Fc1cccc([C@@H]2C[C@H](F)C3NC(S)=NN32)c1F. The molecule has 18 heavy (non-hydrogen) atoms. The molecular weight excluding hydrogens is 263 g/mol. The number of hydrazone groups is 1. The molecule has 3 rings (SSSR count). The van der Waals surface area contributed by atoms with Crippen molar-refractivity contribution in [3.63, 3.8) is 0 Å². The third-order valence-electron chi connectivity index (χ3n) is 3.22. The van der Waals surface area contributed by atoms with Gasteiger partial charge in [-0.15, -0.1) is 12.6 Å². The lowest BCUT2D eigenvalue weighted by molar-refractivity contribution is 0.178. The molecule has 1 fully saturated rings. The molecule has 1 aromatic carbocycles. The highest BCUT2D eigenvalue weighted by atomic mass is 32.1. The highest BCUT2D eigenvalue weighted by molar-refractivity contribution is 7.96. The molecule has 3 atom stereocenters. The van der Waals surface area contributed by atoms with Gasteiger partial charge in [0.15, 0.2) is 16.8 Å². The quantitative estimate of drug-likeness (QED) is 0.768. The number of alkyl halides is 1. The van der Waals surface area contributed by atoms with Gasteiger partial charge in [-0.1, -0.05) is 12.1 Å². The zero-order valence-corrected chi connectivity index (χ0v) is 10.0. The minimum atomic E-state index is -1.20. The van der Waals surface area contributed by atoms with Crippen LogP contribution in [-0.4, -0.2) is 22.5 Å². The molecule has 2 heterocycles. The van der Waals surface area contributed by atoms with E-state index in [1.165, 1.54) is 17.1 Å². The second-order valence-corrected chi connectivity index (χ2v) is 4.73. The molecule has 1 unspecified atom stereocenters. The number of rotatable bonds is 1. The summed E-state index contributed by atoms with van der Waals surface area (Å²) >= 11 is 4.00. The Hall–Kier alpha value is -1.37. The summed E-state index contributed by atoms with van der Waals surface area (Å²) < 4.78 is 40.7. The number of thiol groups is 1. The third kappa shape index (κ3) is 1.65. The largest absolute Gasteiger partial charge is 0.340 e. The van der Waals surface area contributed by atoms with Crippen LogP contribution >= 0.6 is 12.6 Å². The summed E-state index contributed by atoms with van der Waals surface area (Å²) in [4.78, 5) is 0. The second kappa shape index (κ2) is 4.08. The van der Waals surface area contributed by atoms with Crippen LogP contribution in [0.25, 0.3) is 0 Å². The molecule has 0 aromatic heterocycles. The van der Waals surface area contributed by atoms with Crippen molar-refractivity contribution in [2.24, 2.45) is 5.10 Å². The topological polar surface area (TPSA) is 27.6 Å². The molecule has 2 aliphatic rings. The lowest BCUT2D eigenvalue weighted by atomic mass is 10.0. The van der Waals surface area contributed by atoms with Crippen molar-refractivity contribution in [3.05, 3.63) is 35.4 Å². The molecule has 2 aliphatic heterocycles. The van der Waals surface area contributed by atoms with Crippen molar-refractivity contribution in [2.45, 2.75) is 24.8 Å². The fourth-order valence-electron chi connectivity index (χ4n) is 2.42. The number of hydrogen-bond donors (Lipinski definition) is 2. The van der Waals surface area contributed by atoms with Crippen LogP contribution in [0.1, 0.15) is 18.0 Å². The van der Waals surface area contributed by atoms with E-state index in [2.05, 4.69) is 23.0 Å². The first kappa shape index (κ1) is 11.7. The van der Waals surface area contributed by atoms with Gasteiger partial charge in [0.2, 0.25) is 0 Å². The van der Waals surface area contributed by atoms with Gasteiger partial charge in [-0.25, -0.2) is 13.2 Å². The fraction of sp³-hybridized carbons (Fsp3) is 0.364. The summed E-state index contributed by atoms with van der Waals surface area (Å²) in [6.07, 6.45) is -1.78. The summed E-state index contributed by atoms with van der Waals surface area (Å²) in [7, 11) is 0. The Balaban J connectivity index is 2.00. The minimum Gasteiger partial charge on any atom is -0.340 e. The Bertz CT molecular complexity index is 522. The Morgan fingerprint density at radius 1 is 1.39 bits per heavy atom. The van der Waals surface area contributed by atoms with Gasteiger partial charge < -0.3 is 5.32 Å². The summed E-state index contributed by atoms with van der Waals surface area (Å²) in [5.74, 6) is -1.88. The molecule has 1 N–H and O–H groups in total. The van der Waals surface area contributed by atoms with Crippen LogP contribution in [0.15, 0.2) is 23.3 Å². The summed E-state index contributed by atoms with van der Waals surface area (Å²) in [6.45, 7) is 0. The Morgan fingerprint density at radius 2 is 2.17 bits per heavy atom.